The average Bonchev–Trinajstić information content (AvgIpc) is 2.47. The minimum absolute atomic E-state index is 0.140. The molecular formula is C13H20N4O3S. The van der Waals surface area contributed by atoms with Crippen LogP contribution in [0, 0.1) is 0 Å². The molecule has 0 saturated carbocycles. The van der Waals surface area contributed by atoms with E-state index in [-0.39, 0.29) is 12.1 Å². The first-order valence-electron chi connectivity index (χ1n) is 6.78. The highest BCUT2D eigenvalue weighted by atomic mass is 32.2. The molecule has 8 heteroatoms. The van der Waals surface area contributed by atoms with Crippen molar-refractivity contribution in [2.45, 2.75) is 13.0 Å². The van der Waals surface area contributed by atoms with Gasteiger partial charge in [-0.1, -0.05) is 6.07 Å². The molecule has 1 atom stereocenters. The van der Waals surface area contributed by atoms with Crippen molar-refractivity contribution in [2.24, 2.45) is 0 Å². The predicted molar refractivity (Wildman–Crippen MR) is 79.2 cm³/mol. The normalized spacial score (nSPS) is 18.3. The number of aromatic nitrogens is 1. The molecule has 0 aromatic carbocycles. The summed E-state index contributed by atoms with van der Waals surface area (Å²) in [6, 6.07) is 3.40. The summed E-state index contributed by atoms with van der Waals surface area (Å²) in [6.45, 7) is 3.38. The summed E-state index contributed by atoms with van der Waals surface area (Å²) in [5, 5.41) is 2.90. The van der Waals surface area contributed by atoms with Crippen molar-refractivity contribution >= 4 is 16.1 Å². The van der Waals surface area contributed by atoms with E-state index in [0.29, 0.717) is 26.2 Å². The van der Waals surface area contributed by atoms with Crippen LogP contribution >= 0.6 is 0 Å². The second kappa shape index (κ2) is 6.40. The summed E-state index contributed by atoms with van der Waals surface area (Å²) in [5.74, 6) is 0. The second-order valence-electron chi connectivity index (χ2n) is 5.11. The first-order valence-corrected chi connectivity index (χ1v) is 8.63. The highest BCUT2D eigenvalue weighted by Gasteiger charge is 2.26. The predicted octanol–water partition coefficient (Wildman–Crippen LogP) is 0.429. The number of urea groups is 1. The quantitative estimate of drug-likeness (QED) is 0.877. The van der Waals surface area contributed by atoms with E-state index >= 15 is 0 Å². The molecule has 2 amide bonds. The van der Waals surface area contributed by atoms with E-state index in [2.05, 4.69) is 10.3 Å². The topological polar surface area (TPSA) is 82.6 Å². The number of sulfonamides is 1. The highest BCUT2D eigenvalue weighted by molar-refractivity contribution is 7.88. The Balaban J connectivity index is 1.88. The smallest absolute Gasteiger partial charge is 0.317 e. The van der Waals surface area contributed by atoms with Crippen LogP contribution < -0.4 is 5.32 Å². The lowest BCUT2D eigenvalue weighted by Gasteiger charge is -2.33. The molecule has 1 fully saturated rings. The van der Waals surface area contributed by atoms with Crippen molar-refractivity contribution in [1.82, 2.24) is 19.5 Å². The van der Waals surface area contributed by atoms with Crippen molar-refractivity contribution in [3.05, 3.63) is 30.1 Å². The van der Waals surface area contributed by atoms with E-state index in [0.717, 1.165) is 5.56 Å². The Labute approximate surface area is 125 Å². The average molecular weight is 312 g/mol. The van der Waals surface area contributed by atoms with E-state index < -0.39 is 10.0 Å². The Kier molecular flexibility index (Phi) is 4.79. The molecule has 2 rings (SSSR count). The molecule has 1 aromatic rings. The van der Waals surface area contributed by atoms with E-state index in [9.17, 15) is 13.2 Å². The van der Waals surface area contributed by atoms with Gasteiger partial charge in [-0.15, -0.1) is 0 Å². The van der Waals surface area contributed by atoms with E-state index in [1.54, 1.807) is 17.3 Å². The van der Waals surface area contributed by atoms with Crippen molar-refractivity contribution < 1.29 is 13.2 Å². The number of amides is 2. The van der Waals surface area contributed by atoms with Crippen LogP contribution in [-0.4, -0.2) is 61.1 Å². The third-order valence-electron chi connectivity index (χ3n) is 3.52. The molecule has 116 valence electrons. The largest absolute Gasteiger partial charge is 0.331 e. The number of pyridine rings is 1. The summed E-state index contributed by atoms with van der Waals surface area (Å²) >= 11 is 0. The van der Waals surface area contributed by atoms with E-state index in [1.165, 1.54) is 10.6 Å². The van der Waals surface area contributed by atoms with Crippen molar-refractivity contribution in [3.8, 4) is 0 Å². The van der Waals surface area contributed by atoms with Crippen LogP contribution in [0.1, 0.15) is 18.5 Å². The van der Waals surface area contributed by atoms with Gasteiger partial charge in [0.15, 0.2) is 0 Å². The summed E-state index contributed by atoms with van der Waals surface area (Å²) in [4.78, 5) is 17.8. The Morgan fingerprint density at radius 3 is 2.52 bits per heavy atom. The molecule has 0 spiro atoms. The maximum absolute atomic E-state index is 12.2. The highest BCUT2D eigenvalue weighted by Crippen LogP contribution is 2.12. The number of carbonyl (C=O) groups is 1. The van der Waals surface area contributed by atoms with Gasteiger partial charge in [0.1, 0.15) is 0 Å². The molecule has 1 aliphatic heterocycles. The van der Waals surface area contributed by atoms with Gasteiger partial charge in [0, 0.05) is 38.6 Å². The molecule has 21 heavy (non-hydrogen) atoms. The lowest BCUT2D eigenvalue weighted by molar-refractivity contribution is 0.170. The van der Waals surface area contributed by atoms with E-state index in [1.807, 2.05) is 19.1 Å². The van der Waals surface area contributed by atoms with Gasteiger partial charge in [0.2, 0.25) is 10.0 Å². The minimum Gasteiger partial charge on any atom is -0.331 e. The molecule has 1 saturated heterocycles. The van der Waals surface area contributed by atoms with Crippen molar-refractivity contribution in [2.75, 3.05) is 32.4 Å². The van der Waals surface area contributed by atoms with Crippen molar-refractivity contribution in [3.63, 3.8) is 0 Å². The van der Waals surface area contributed by atoms with Crippen LogP contribution in [0.4, 0.5) is 4.79 Å². The van der Waals surface area contributed by atoms with Crippen LogP contribution in [-0.2, 0) is 10.0 Å². The van der Waals surface area contributed by atoms with Crippen LogP contribution in [0.3, 0.4) is 0 Å². The fourth-order valence-corrected chi connectivity index (χ4v) is 3.04. The first kappa shape index (κ1) is 15.7. The molecule has 1 N–H and O–H groups in total. The van der Waals surface area contributed by atoms with Gasteiger partial charge in [-0.3, -0.25) is 4.98 Å². The number of nitrogens with one attached hydrogen (secondary N) is 1. The Morgan fingerprint density at radius 2 is 2.00 bits per heavy atom. The van der Waals surface area contributed by atoms with Crippen LogP contribution in [0.5, 0.6) is 0 Å². The minimum atomic E-state index is -3.17. The summed E-state index contributed by atoms with van der Waals surface area (Å²) in [7, 11) is -3.17. The molecule has 1 aromatic heterocycles. The number of rotatable bonds is 3. The number of nitrogens with zero attached hydrogens (tertiary/aromatic N) is 3. The molecule has 0 bridgehead atoms. The molecule has 2 heterocycles. The summed E-state index contributed by atoms with van der Waals surface area (Å²) in [6.07, 6.45) is 4.59. The Morgan fingerprint density at radius 1 is 1.33 bits per heavy atom. The fraction of sp³-hybridized carbons (Fsp3) is 0.538. The van der Waals surface area contributed by atoms with Gasteiger partial charge in [-0.25, -0.2) is 13.2 Å². The summed E-state index contributed by atoms with van der Waals surface area (Å²) < 4.78 is 24.2. The van der Waals surface area contributed by atoms with Gasteiger partial charge in [0.25, 0.3) is 0 Å². The zero-order valence-corrected chi connectivity index (χ0v) is 13.0. The number of hydrogen-bond donors (Lipinski definition) is 1. The molecule has 0 unspecified atom stereocenters. The third kappa shape index (κ3) is 4.15. The van der Waals surface area contributed by atoms with Gasteiger partial charge in [-0.05, 0) is 18.6 Å². The van der Waals surface area contributed by atoms with Crippen LogP contribution in [0.15, 0.2) is 24.5 Å². The van der Waals surface area contributed by atoms with Crippen LogP contribution in [0.25, 0.3) is 0 Å². The standard InChI is InChI=1S/C13H20N4O3S/c1-11(12-4-3-5-14-10-12)15-13(18)16-6-8-17(9-7-16)21(2,19)20/h3-5,10-11H,6-9H2,1-2H3,(H,15,18)/t11-/m1/s1. The summed E-state index contributed by atoms with van der Waals surface area (Å²) in [5.41, 5.74) is 0.931. The molecule has 0 aliphatic carbocycles. The monoisotopic (exact) mass is 312 g/mol. The maximum Gasteiger partial charge on any atom is 0.317 e. The Hall–Kier alpha value is -1.67. The van der Waals surface area contributed by atoms with Gasteiger partial charge < -0.3 is 10.2 Å². The lowest BCUT2D eigenvalue weighted by atomic mass is 10.1. The molecular weight excluding hydrogens is 292 g/mol. The first-order chi connectivity index (χ1) is 9.88. The van der Waals surface area contributed by atoms with Gasteiger partial charge in [0.05, 0.1) is 12.3 Å². The zero-order chi connectivity index (χ0) is 15.5. The fourth-order valence-electron chi connectivity index (χ4n) is 2.21. The second-order valence-corrected chi connectivity index (χ2v) is 7.09. The zero-order valence-electron chi connectivity index (χ0n) is 12.2. The van der Waals surface area contributed by atoms with Gasteiger partial charge in [-0.2, -0.15) is 4.31 Å². The molecule has 1 aliphatic rings. The maximum atomic E-state index is 12.2. The molecule has 0 radical (unpaired) electrons. The number of hydrogen-bond acceptors (Lipinski definition) is 4. The molecule has 7 nitrogen and oxygen atoms in total. The van der Waals surface area contributed by atoms with Crippen molar-refractivity contribution in [1.29, 1.82) is 0 Å². The third-order valence-corrected chi connectivity index (χ3v) is 4.82. The van der Waals surface area contributed by atoms with E-state index in [4.69, 9.17) is 0 Å². The number of carbonyl (C=O) groups excluding carboxylic acids is 1. The number of piperazine rings is 1. The van der Waals surface area contributed by atoms with Crippen LogP contribution in [0.2, 0.25) is 0 Å². The Bertz CT molecular complexity index is 583. The SMILES string of the molecule is C[C@@H](NC(=O)N1CCN(S(C)(=O)=O)CC1)c1cccnc1. The van der Waals surface area contributed by atoms with Gasteiger partial charge >= 0.3 is 6.03 Å². The lowest BCUT2D eigenvalue weighted by Crippen LogP contribution is -2.53.